The predicted molar refractivity (Wildman–Crippen MR) is 97.9 cm³/mol. The van der Waals surface area contributed by atoms with Gasteiger partial charge in [-0.05, 0) is 0 Å². The second-order valence-electron chi connectivity index (χ2n) is 4.72. The summed E-state index contributed by atoms with van der Waals surface area (Å²) in [6.07, 6.45) is 1.20. The molecule has 0 amide bonds. The first-order chi connectivity index (χ1) is 10.8. The molecule has 0 aliphatic heterocycles. The van der Waals surface area contributed by atoms with Crippen molar-refractivity contribution in [3.63, 3.8) is 0 Å². The van der Waals surface area contributed by atoms with Crippen LogP contribution >= 0.6 is 11.8 Å². The Bertz CT molecular complexity index is 569. The van der Waals surface area contributed by atoms with E-state index >= 15 is 0 Å². The van der Waals surface area contributed by atoms with E-state index in [2.05, 4.69) is 79.5 Å². The monoisotopic (exact) mass is 378 g/mol. The number of thioether (sulfide) groups is 1. The molecule has 3 heteroatoms. The summed E-state index contributed by atoms with van der Waals surface area (Å²) in [6.45, 7) is 5.01. The number of hydrogen-bond donors (Lipinski definition) is 0. The fourth-order valence-electron chi connectivity index (χ4n) is 2.02. The molecule has 1 nitrogen and oxygen atoms in total. The van der Waals surface area contributed by atoms with E-state index in [0.717, 1.165) is 13.0 Å². The van der Waals surface area contributed by atoms with Crippen LogP contribution in [0.3, 0.4) is 0 Å². The Hall–Kier alpha value is -0.991. The topological polar surface area (TPSA) is 9.23 Å². The first kappa shape index (κ1) is 17.4. The molecule has 0 aliphatic rings. The molecule has 2 aromatic carbocycles. The molecular weight excluding hydrogens is 355 g/mol. The van der Waals surface area contributed by atoms with Gasteiger partial charge in [0.25, 0.3) is 0 Å². The molecule has 0 heterocycles. The quantitative estimate of drug-likeness (QED) is 0.496. The van der Waals surface area contributed by atoms with Gasteiger partial charge in [0, 0.05) is 0 Å². The average molecular weight is 377 g/mol. The van der Waals surface area contributed by atoms with Crippen LogP contribution in [0, 0.1) is 0 Å². The summed E-state index contributed by atoms with van der Waals surface area (Å²) in [5, 5.41) is 0. The predicted octanol–water partition coefficient (Wildman–Crippen LogP) is 4.46. The van der Waals surface area contributed by atoms with E-state index in [1.165, 1.54) is 14.3 Å². The van der Waals surface area contributed by atoms with E-state index in [4.69, 9.17) is 4.74 Å². The first-order valence-electron chi connectivity index (χ1n) is 7.59. The first-order valence-corrected chi connectivity index (χ1v) is 10.3. The summed E-state index contributed by atoms with van der Waals surface area (Å²) in [7, 11) is 0. The van der Waals surface area contributed by atoms with Crippen molar-refractivity contribution in [1.82, 2.24) is 0 Å². The van der Waals surface area contributed by atoms with Crippen LogP contribution in [0.2, 0.25) is 0 Å². The van der Waals surface area contributed by atoms with Crippen LogP contribution in [0.5, 0.6) is 0 Å². The van der Waals surface area contributed by atoms with Gasteiger partial charge < -0.3 is 0 Å². The van der Waals surface area contributed by atoms with Crippen molar-refractivity contribution in [3.05, 3.63) is 70.5 Å². The van der Waals surface area contributed by atoms with Gasteiger partial charge in [-0.3, -0.25) is 0 Å². The van der Waals surface area contributed by atoms with Gasteiger partial charge in [0.1, 0.15) is 0 Å². The second-order valence-corrected chi connectivity index (χ2v) is 7.84. The third kappa shape index (κ3) is 5.66. The van der Waals surface area contributed by atoms with Gasteiger partial charge in [0.05, 0.1) is 0 Å². The SMILES string of the molecule is CCOC(CC)/C(=C/[Se]c1ccccc1)Sc1ccccc1. The molecular formula is C19H22OSSe. The van der Waals surface area contributed by atoms with Crippen molar-refractivity contribution in [1.29, 1.82) is 0 Å². The number of ether oxygens (including phenoxy) is 1. The Kier molecular flexibility index (Phi) is 7.82. The normalized spacial score (nSPS) is 13.1. The molecule has 1 unspecified atom stereocenters. The summed E-state index contributed by atoms with van der Waals surface area (Å²) < 4.78 is 7.33. The van der Waals surface area contributed by atoms with Gasteiger partial charge in [-0.1, -0.05) is 0 Å². The van der Waals surface area contributed by atoms with Crippen LogP contribution in [-0.2, 0) is 4.74 Å². The third-order valence-corrected chi connectivity index (χ3v) is 6.47. The zero-order valence-corrected chi connectivity index (χ0v) is 15.6. The molecule has 116 valence electrons. The minimum absolute atomic E-state index is 0.195. The number of benzene rings is 2. The van der Waals surface area contributed by atoms with Crippen molar-refractivity contribution in [3.8, 4) is 0 Å². The number of rotatable bonds is 8. The van der Waals surface area contributed by atoms with Crippen molar-refractivity contribution in [2.24, 2.45) is 0 Å². The summed E-state index contributed by atoms with van der Waals surface area (Å²) >= 11 is 2.17. The van der Waals surface area contributed by atoms with Crippen LogP contribution in [0.4, 0.5) is 0 Å². The van der Waals surface area contributed by atoms with Gasteiger partial charge in [0.2, 0.25) is 0 Å². The van der Waals surface area contributed by atoms with E-state index in [-0.39, 0.29) is 6.10 Å². The van der Waals surface area contributed by atoms with Crippen molar-refractivity contribution < 1.29 is 4.74 Å². The van der Waals surface area contributed by atoms with Crippen LogP contribution in [0.25, 0.3) is 0 Å². The summed E-state index contributed by atoms with van der Waals surface area (Å²) in [6, 6.07) is 21.2. The van der Waals surface area contributed by atoms with Crippen molar-refractivity contribution in [2.45, 2.75) is 31.3 Å². The molecule has 2 aromatic rings. The minimum atomic E-state index is 0.195. The Morgan fingerprint density at radius 1 is 1.05 bits per heavy atom. The fourth-order valence-corrected chi connectivity index (χ4v) is 5.06. The number of hydrogen-bond acceptors (Lipinski definition) is 2. The molecule has 0 aromatic heterocycles. The molecule has 0 radical (unpaired) electrons. The van der Waals surface area contributed by atoms with Gasteiger partial charge in [-0.15, -0.1) is 0 Å². The fraction of sp³-hybridized carbons (Fsp3) is 0.263. The molecule has 0 saturated carbocycles. The molecule has 22 heavy (non-hydrogen) atoms. The average Bonchev–Trinajstić information content (AvgIpc) is 2.58. The van der Waals surface area contributed by atoms with E-state index in [1.54, 1.807) is 0 Å². The molecule has 0 N–H and O–H groups in total. The van der Waals surface area contributed by atoms with Crippen molar-refractivity contribution >= 4 is 31.2 Å². The van der Waals surface area contributed by atoms with E-state index in [1.807, 2.05) is 11.8 Å². The zero-order valence-electron chi connectivity index (χ0n) is 13.1. The Balaban J connectivity index is 2.16. The van der Waals surface area contributed by atoms with E-state index in [0.29, 0.717) is 15.0 Å². The Morgan fingerprint density at radius 2 is 1.68 bits per heavy atom. The van der Waals surface area contributed by atoms with Gasteiger partial charge >= 0.3 is 144 Å². The zero-order chi connectivity index (χ0) is 15.6. The van der Waals surface area contributed by atoms with Gasteiger partial charge in [-0.25, -0.2) is 0 Å². The Morgan fingerprint density at radius 3 is 2.27 bits per heavy atom. The summed E-state index contributed by atoms with van der Waals surface area (Å²) in [4.78, 5) is 4.99. The third-order valence-electron chi connectivity index (χ3n) is 3.09. The maximum atomic E-state index is 5.93. The standard InChI is InChI=1S/C19H22OSSe/c1-3-18(20-4-2)19(21-16-11-7-5-8-12-16)15-22-17-13-9-6-10-14-17/h5-15,18H,3-4H2,1-2H3/b19-15-. The van der Waals surface area contributed by atoms with E-state index < -0.39 is 0 Å². The molecule has 0 fully saturated rings. The molecule has 0 saturated heterocycles. The maximum absolute atomic E-state index is 5.93. The van der Waals surface area contributed by atoms with Crippen LogP contribution in [-0.4, -0.2) is 27.7 Å². The molecule has 1 atom stereocenters. The van der Waals surface area contributed by atoms with Gasteiger partial charge in [0.15, 0.2) is 0 Å². The molecule has 0 spiro atoms. The van der Waals surface area contributed by atoms with Crippen LogP contribution < -0.4 is 4.46 Å². The molecule has 0 aliphatic carbocycles. The van der Waals surface area contributed by atoms with Crippen LogP contribution in [0.15, 0.2) is 75.4 Å². The summed E-state index contributed by atoms with van der Waals surface area (Å²) in [5.74, 6) is 0. The molecule has 0 bridgehead atoms. The Labute approximate surface area is 144 Å². The molecule has 2 rings (SSSR count). The second kappa shape index (κ2) is 9.91. The summed E-state index contributed by atoms with van der Waals surface area (Å²) in [5.41, 5.74) is 0. The van der Waals surface area contributed by atoms with Crippen molar-refractivity contribution in [2.75, 3.05) is 6.61 Å². The van der Waals surface area contributed by atoms with E-state index in [9.17, 15) is 0 Å². The van der Waals surface area contributed by atoms with Crippen LogP contribution in [0.1, 0.15) is 20.3 Å². The van der Waals surface area contributed by atoms with Gasteiger partial charge in [-0.2, -0.15) is 0 Å².